The minimum Gasteiger partial charge on any atom is -0.381 e. The van der Waals surface area contributed by atoms with E-state index in [1.165, 1.54) is 25.7 Å². The molecule has 0 saturated carbocycles. The standard InChI is InChI=1S/C14H30O2/c1-13(2)9-8-11-15-10-6-5-7-12-16-14(3)4/h13-14H,5-12H2,1-4H3. The van der Waals surface area contributed by atoms with E-state index in [2.05, 4.69) is 27.7 Å². The van der Waals surface area contributed by atoms with Crippen LogP contribution >= 0.6 is 0 Å². The molecule has 0 heterocycles. The van der Waals surface area contributed by atoms with Crippen LogP contribution in [0.3, 0.4) is 0 Å². The van der Waals surface area contributed by atoms with E-state index < -0.39 is 0 Å². The number of hydrogen-bond acceptors (Lipinski definition) is 2. The van der Waals surface area contributed by atoms with E-state index in [-0.39, 0.29) is 0 Å². The second-order valence-electron chi connectivity index (χ2n) is 5.13. The summed E-state index contributed by atoms with van der Waals surface area (Å²) < 4.78 is 11.0. The first-order valence-electron chi connectivity index (χ1n) is 6.82. The fourth-order valence-corrected chi connectivity index (χ4v) is 1.50. The molecular formula is C14H30O2. The van der Waals surface area contributed by atoms with E-state index >= 15 is 0 Å². The molecule has 0 bridgehead atoms. The number of unbranched alkanes of at least 4 members (excludes halogenated alkanes) is 2. The van der Waals surface area contributed by atoms with Crippen molar-refractivity contribution in [2.75, 3.05) is 19.8 Å². The second-order valence-corrected chi connectivity index (χ2v) is 5.13. The first-order valence-corrected chi connectivity index (χ1v) is 6.82. The average molecular weight is 230 g/mol. The van der Waals surface area contributed by atoms with Crippen LogP contribution in [0.4, 0.5) is 0 Å². The van der Waals surface area contributed by atoms with E-state index in [1.54, 1.807) is 0 Å². The van der Waals surface area contributed by atoms with E-state index in [1.807, 2.05) is 0 Å². The van der Waals surface area contributed by atoms with Gasteiger partial charge < -0.3 is 9.47 Å². The van der Waals surface area contributed by atoms with Gasteiger partial charge >= 0.3 is 0 Å². The molecule has 0 spiro atoms. The summed E-state index contributed by atoms with van der Waals surface area (Å²) in [7, 11) is 0. The first-order chi connectivity index (χ1) is 7.63. The van der Waals surface area contributed by atoms with Gasteiger partial charge in [0.2, 0.25) is 0 Å². The van der Waals surface area contributed by atoms with Crippen molar-refractivity contribution in [1.29, 1.82) is 0 Å². The lowest BCUT2D eigenvalue weighted by Crippen LogP contribution is -2.04. The number of hydrogen-bond donors (Lipinski definition) is 0. The molecule has 0 aliphatic rings. The van der Waals surface area contributed by atoms with E-state index in [4.69, 9.17) is 9.47 Å². The van der Waals surface area contributed by atoms with Gasteiger partial charge in [0.15, 0.2) is 0 Å². The van der Waals surface area contributed by atoms with Gasteiger partial charge in [0.1, 0.15) is 0 Å². The Morgan fingerprint density at radius 3 is 2.00 bits per heavy atom. The highest BCUT2D eigenvalue weighted by Crippen LogP contribution is 2.04. The third-order valence-electron chi connectivity index (χ3n) is 2.45. The summed E-state index contributed by atoms with van der Waals surface area (Å²) in [5, 5.41) is 0. The van der Waals surface area contributed by atoms with Crippen LogP contribution in [-0.2, 0) is 9.47 Å². The Morgan fingerprint density at radius 1 is 0.750 bits per heavy atom. The molecule has 0 aliphatic carbocycles. The number of rotatable bonds is 11. The molecule has 0 N–H and O–H groups in total. The van der Waals surface area contributed by atoms with Gasteiger partial charge in [-0.05, 0) is 51.9 Å². The topological polar surface area (TPSA) is 18.5 Å². The van der Waals surface area contributed by atoms with E-state index in [0.717, 1.165) is 32.2 Å². The van der Waals surface area contributed by atoms with Gasteiger partial charge in [-0.1, -0.05) is 13.8 Å². The SMILES string of the molecule is CC(C)CCCOCCCCCOC(C)C. The van der Waals surface area contributed by atoms with Crippen molar-refractivity contribution in [3.05, 3.63) is 0 Å². The second kappa shape index (κ2) is 11.4. The van der Waals surface area contributed by atoms with Crippen molar-refractivity contribution in [3.8, 4) is 0 Å². The molecule has 0 saturated heterocycles. The van der Waals surface area contributed by atoms with Crippen LogP contribution in [-0.4, -0.2) is 25.9 Å². The van der Waals surface area contributed by atoms with Crippen LogP contribution in [0.2, 0.25) is 0 Å². The Labute approximate surface area is 102 Å². The summed E-state index contributed by atoms with van der Waals surface area (Å²) >= 11 is 0. The fourth-order valence-electron chi connectivity index (χ4n) is 1.50. The van der Waals surface area contributed by atoms with Crippen LogP contribution in [0.15, 0.2) is 0 Å². The van der Waals surface area contributed by atoms with Crippen LogP contribution < -0.4 is 0 Å². The van der Waals surface area contributed by atoms with Crippen molar-refractivity contribution in [1.82, 2.24) is 0 Å². The summed E-state index contributed by atoms with van der Waals surface area (Å²) in [5.74, 6) is 0.803. The molecule has 0 rings (SSSR count). The monoisotopic (exact) mass is 230 g/mol. The van der Waals surface area contributed by atoms with Gasteiger partial charge in [-0.15, -0.1) is 0 Å². The Hall–Kier alpha value is -0.0800. The summed E-state index contributed by atoms with van der Waals surface area (Å²) in [6.45, 7) is 11.4. The first kappa shape index (κ1) is 15.9. The Balaban J connectivity index is 2.93. The van der Waals surface area contributed by atoms with Crippen molar-refractivity contribution < 1.29 is 9.47 Å². The lowest BCUT2D eigenvalue weighted by molar-refractivity contribution is 0.0725. The van der Waals surface area contributed by atoms with Gasteiger partial charge in [-0.2, -0.15) is 0 Å². The van der Waals surface area contributed by atoms with E-state index in [0.29, 0.717) is 6.10 Å². The summed E-state index contributed by atoms with van der Waals surface area (Å²) in [6, 6.07) is 0. The maximum absolute atomic E-state index is 5.57. The quantitative estimate of drug-likeness (QED) is 0.499. The van der Waals surface area contributed by atoms with Crippen molar-refractivity contribution in [2.24, 2.45) is 5.92 Å². The minimum absolute atomic E-state index is 0.368. The van der Waals surface area contributed by atoms with E-state index in [9.17, 15) is 0 Å². The maximum atomic E-state index is 5.57. The molecule has 0 aromatic rings. The average Bonchev–Trinajstić information content (AvgIpc) is 2.20. The molecule has 98 valence electrons. The highest BCUT2D eigenvalue weighted by Gasteiger charge is 1.95. The molecule has 0 amide bonds. The highest BCUT2D eigenvalue weighted by atomic mass is 16.5. The highest BCUT2D eigenvalue weighted by molar-refractivity contribution is 4.46. The largest absolute Gasteiger partial charge is 0.381 e. The van der Waals surface area contributed by atoms with Crippen molar-refractivity contribution in [2.45, 2.75) is 65.9 Å². The molecule has 0 aliphatic heterocycles. The van der Waals surface area contributed by atoms with Crippen LogP contribution in [0.1, 0.15) is 59.8 Å². The Morgan fingerprint density at radius 2 is 1.38 bits per heavy atom. The normalized spacial score (nSPS) is 11.6. The summed E-state index contributed by atoms with van der Waals surface area (Å²) in [4.78, 5) is 0. The lowest BCUT2D eigenvalue weighted by atomic mass is 10.1. The van der Waals surface area contributed by atoms with Gasteiger partial charge in [0, 0.05) is 19.8 Å². The smallest absolute Gasteiger partial charge is 0.0518 e. The zero-order valence-corrected chi connectivity index (χ0v) is 11.6. The van der Waals surface area contributed by atoms with Crippen molar-refractivity contribution in [3.63, 3.8) is 0 Å². The molecule has 0 radical (unpaired) electrons. The third-order valence-corrected chi connectivity index (χ3v) is 2.45. The Bertz CT molecular complexity index is 117. The molecule has 2 heteroatoms. The minimum atomic E-state index is 0.368. The van der Waals surface area contributed by atoms with Gasteiger partial charge in [-0.3, -0.25) is 0 Å². The molecule has 0 aromatic heterocycles. The zero-order chi connectivity index (χ0) is 12.2. The van der Waals surface area contributed by atoms with Crippen LogP contribution in [0, 0.1) is 5.92 Å². The zero-order valence-electron chi connectivity index (χ0n) is 11.6. The van der Waals surface area contributed by atoms with Crippen LogP contribution in [0.5, 0.6) is 0 Å². The molecule has 16 heavy (non-hydrogen) atoms. The molecule has 0 atom stereocenters. The lowest BCUT2D eigenvalue weighted by Gasteiger charge is -2.08. The molecule has 2 nitrogen and oxygen atoms in total. The predicted octanol–water partition coefficient (Wildman–Crippen LogP) is 4.03. The van der Waals surface area contributed by atoms with Gasteiger partial charge in [0.05, 0.1) is 6.10 Å². The third kappa shape index (κ3) is 13.9. The van der Waals surface area contributed by atoms with Gasteiger partial charge in [0.25, 0.3) is 0 Å². The Kier molecular flexibility index (Phi) is 11.3. The summed E-state index contributed by atoms with van der Waals surface area (Å²) in [6.07, 6.45) is 6.40. The molecular weight excluding hydrogens is 200 g/mol. The summed E-state index contributed by atoms with van der Waals surface area (Å²) in [5.41, 5.74) is 0. The van der Waals surface area contributed by atoms with Crippen molar-refractivity contribution >= 4 is 0 Å². The molecule has 0 fully saturated rings. The predicted molar refractivity (Wildman–Crippen MR) is 69.8 cm³/mol. The maximum Gasteiger partial charge on any atom is 0.0518 e. The molecule has 0 unspecified atom stereocenters. The fraction of sp³-hybridized carbons (Fsp3) is 1.00. The molecule has 0 aromatic carbocycles. The van der Waals surface area contributed by atoms with Gasteiger partial charge in [-0.25, -0.2) is 0 Å². The number of ether oxygens (including phenoxy) is 2. The van der Waals surface area contributed by atoms with Crippen LogP contribution in [0.25, 0.3) is 0 Å².